The summed E-state index contributed by atoms with van der Waals surface area (Å²) in [5, 5.41) is 0. The van der Waals surface area contributed by atoms with Crippen molar-refractivity contribution in [3.8, 4) is 67.9 Å². The van der Waals surface area contributed by atoms with E-state index in [0.717, 1.165) is 50.4 Å². The Hall–Kier alpha value is -6.65. The fraction of sp³-hybridized carbons (Fsp3) is 0.0217. The largest absolute Gasteiger partial charge is 0.457 e. The fourth-order valence-electron chi connectivity index (χ4n) is 7.81. The Morgan fingerprint density at radius 3 is 1.42 bits per heavy atom. The highest BCUT2D eigenvalue weighted by Crippen LogP contribution is 2.62. The molecule has 7 aromatic carbocycles. The molecular formula is C46H29N3O. The third-order valence-corrected chi connectivity index (χ3v) is 10.0. The smallest absolute Gasteiger partial charge is 0.164 e. The molecule has 1 spiro atoms. The van der Waals surface area contributed by atoms with Crippen molar-refractivity contribution in [1.82, 2.24) is 15.0 Å². The summed E-state index contributed by atoms with van der Waals surface area (Å²) in [7, 11) is 0. The van der Waals surface area contributed by atoms with E-state index in [-0.39, 0.29) is 0 Å². The van der Waals surface area contributed by atoms with Crippen LogP contribution >= 0.6 is 0 Å². The fourth-order valence-corrected chi connectivity index (χ4v) is 7.81. The summed E-state index contributed by atoms with van der Waals surface area (Å²) in [6, 6.07) is 61.4. The molecule has 0 saturated heterocycles. The van der Waals surface area contributed by atoms with Gasteiger partial charge in [-0.2, -0.15) is 0 Å². The van der Waals surface area contributed by atoms with Crippen LogP contribution in [0.15, 0.2) is 176 Å². The first-order valence-corrected chi connectivity index (χ1v) is 16.9. The average molecular weight is 640 g/mol. The molecule has 0 amide bonds. The number of aromatic nitrogens is 3. The number of hydrogen-bond donors (Lipinski definition) is 0. The third kappa shape index (κ3) is 4.28. The van der Waals surface area contributed by atoms with Gasteiger partial charge in [-0.3, -0.25) is 0 Å². The van der Waals surface area contributed by atoms with E-state index in [4.69, 9.17) is 19.7 Å². The van der Waals surface area contributed by atoms with E-state index < -0.39 is 5.41 Å². The highest BCUT2D eigenvalue weighted by Gasteiger charge is 2.50. The molecule has 0 atom stereocenters. The maximum Gasteiger partial charge on any atom is 0.164 e. The van der Waals surface area contributed by atoms with Gasteiger partial charge in [0.05, 0.1) is 5.41 Å². The van der Waals surface area contributed by atoms with Crippen LogP contribution in [-0.2, 0) is 5.41 Å². The van der Waals surface area contributed by atoms with Gasteiger partial charge in [0, 0.05) is 27.8 Å². The summed E-state index contributed by atoms with van der Waals surface area (Å²) in [5.74, 6) is 3.73. The molecule has 8 aromatic rings. The van der Waals surface area contributed by atoms with Crippen molar-refractivity contribution in [2.45, 2.75) is 5.41 Å². The van der Waals surface area contributed by atoms with Crippen LogP contribution in [0.1, 0.15) is 22.3 Å². The van der Waals surface area contributed by atoms with Crippen molar-refractivity contribution in [3.63, 3.8) is 0 Å². The van der Waals surface area contributed by atoms with Gasteiger partial charge in [0.2, 0.25) is 0 Å². The number of rotatable bonds is 4. The minimum Gasteiger partial charge on any atom is -0.457 e. The second-order valence-electron chi connectivity index (χ2n) is 12.8. The maximum atomic E-state index is 6.50. The molecule has 1 aliphatic carbocycles. The highest BCUT2D eigenvalue weighted by atomic mass is 16.5. The number of nitrogens with zero attached hydrogens (tertiary/aromatic N) is 3. The van der Waals surface area contributed by atoms with E-state index in [2.05, 4.69) is 115 Å². The topological polar surface area (TPSA) is 47.9 Å². The lowest BCUT2D eigenvalue weighted by atomic mass is 9.66. The van der Waals surface area contributed by atoms with Gasteiger partial charge in [-0.1, -0.05) is 152 Å². The second-order valence-corrected chi connectivity index (χ2v) is 12.8. The number of para-hydroxylation sites is 2. The maximum absolute atomic E-state index is 6.50. The zero-order valence-corrected chi connectivity index (χ0v) is 27.0. The van der Waals surface area contributed by atoms with Crippen LogP contribution in [0.25, 0.3) is 56.4 Å². The van der Waals surface area contributed by atoms with Gasteiger partial charge < -0.3 is 4.74 Å². The molecule has 0 saturated carbocycles. The number of ether oxygens (including phenoxy) is 1. The quantitative estimate of drug-likeness (QED) is 0.192. The van der Waals surface area contributed by atoms with E-state index in [0.29, 0.717) is 17.5 Å². The van der Waals surface area contributed by atoms with Crippen LogP contribution in [-0.4, -0.2) is 15.0 Å². The lowest BCUT2D eigenvalue weighted by Gasteiger charge is -2.39. The van der Waals surface area contributed by atoms with Gasteiger partial charge in [-0.25, -0.2) is 15.0 Å². The average Bonchev–Trinajstić information content (AvgIpc) is 3.48. The highest BCUT2D eigenvalue weighted by molar-refractivity contribution is 5.91. The Morgan fingerprint density at radius 2 is 0.780 bits per heavy atom. The van der Waals surface area contributed by atoms with Crippen molar-refractivity contribution in [3.05, 3.63) is 198 Å². The molecule has 0 bridgehead atoms. The molecule has 2 aliphatic rings. The van der Waals surface area contributed by atoms with E-state index in [1.54, 1.807) is 0 Å². The second kappa shape index (κ2) is 11.2. The third-order valence-electron chi connectivity index (χ3n) is 10.0. The van der Waals surface area contributed by atoms with Crippen molar-refractivity contribution in [2.24, 2.45) is 0 Å². The van der Waals surface area contributed by atoms with E-state index in [1.165, 1.54) is 22.3 Å². The molecule has 4 nitrogen and oxygen atoms in total. The van der Waals surface area contributed by atoms with E-state index >= 15 is 0 Å². The first-order chi connectivity index (χ1) is 24.8. The van der Waals surface area contributed by atoms with Gasteiger partial charge in [-0.15, -0.1) is 0 Å². The van der Waals surface area contributed by atoms with Crippen LogP contribution in [0.3, 0.4) is 0 Å². The summed E-state index contributed by atoms with van der Waals surface area (Å²) < 4.78 is 6.50. The molecule has 0 N–H and O–H groups in total. The monoisotopic (exact) mass is 639 g/mol. The minimum atomic E-state index is -0.482. The lowest BCUT2D eigenvalue weighted by molar-refractivity contribution is 0.436. The first kappa shape index (κ1) is 28.4. The summed E-state index contributed by atoms with van der Waals surface area (Å²) in [5.41, 5.74) is 11.9. The summed E-state index contributed by atoms with van der Waals surface area (Å²) in [6.45, 7) is 0. The standard InChI is InChI=1S/C46H29N3O/c1-3-14-30(15-4-1)43-47-44(31-16-5-2-6-17-31)49-45(48-43)34-19-13-18-32(28-34)33-26-27-38-36(29-33)35-20-7-8-21-37(35)46(38)39-22-9-11-24-41(39)50-42-25-12-10-23-40(42)46/h1-29H. The van der Waals surface area contributed by atoms with Crippen LogP contribution in [0.4, 0.5) is 0 Å². The zero-order chi connectivity index (χ0) is 33.1. The van der Waals surface area contributed by atoms with Crippen molar-refractivity contribution in [2.75, 3.05) is 0 Å². The lowest BCUT2D eigenvalue weighted by Crippen LogP contribution is -2.32. The van der Waals surface area contributed by atoms with E-state index in [9.17, 15) is 0 Å². The Morgan fingerprint density at radius 1 is 0.320 bits per heavy atom. The molecule has 2 heterocycles. The molecule has 234 valence electrons. The molecule has 0 fully saturated rings. The zero-order valence-electron chi connectivity index (χ0n) is 27.0. The summed E-state index contributed by atoms with van der Waals surface area (Å²) in [4.78, 5) is 14.9. The predicted octanol–water partition coefficient (Wildman–Crippen LogP) is 11.0. The molecule has 50 heavy (non-hydrogen) atoms. The Kier molecular flexibility index (Phi) is 6.36. The SMILES string of the molecule is c1ccc(-c2nc(-c3ccccc3)nc(-c3cccc(-c4ccc5c(c4)-c4ccccc4C54c5ccccc5Oc5ccccc54)c3)n2)cc1. The minimum absolute atomic E-state index is 0.482. The number of hydrogen-bond acceptors (Lipinski definition) is 4. The van der Waals surface area contributed by atoms with Crippen LogP contribution in [0.2, 0.25) is 0 Å². The predicted molar refractivity (Wildman–Crippen MR) is 199 cm³/mol. The molecule has 0 radical (unpaired) electrons. The molecule has 4 heteroatoms. The summed E-state index contributed by atoms with van der Waals surface area (Å²) in [6.07, 6.45) is 0. The van der Waals surface area contributed by atoms with Crippen molar-refractivity contribution < 1.29 is 4.74 Å². The molecular weight excluding hydrogens is 611 g/mol. The molecule has 0 unspecified atom stereocenters. The normalized spacial score (nSPS) is 13.1. The molecule has 1 aliphatic heterocycles. The first-order valence-electron chi connectivity index (χ1n) is 16.9. The number of benzene rings is 7. The van der Waals surface area contributed by atoms with Gasteiger partial charge in [0.15, 0.2) is 17.5 Å². The van der Waals surface area contributed by atoms with Crippen molar-refractivity contribution >= 4 is 0 Å². The van der Waals surface area contributed by atoms with Gasteiger partial charge in [0.25, 0.3) is 0 Å². The van der Waals surface area contributed by atoms with Gasteiger partial charge in [-0.05, 0) is 57.6 Å². The summed E-state index contributed by atoms with van der Waals surface area (Å²) >= 11 is 0. The van der Waals surface area contributed by atoms with Gasteiger partial charge >= 0.3 is 0 Å². The van der Waals surface area contributed by atoms with Crippen LogP contribution < -0.4 is 4.74 Å². The van der Waals surface area contributed by atoms with Crippen LogP contribution in [0.5, 0.6) is 11.5 Å². The Bertz CT molecular complexity index is 2480. The van der Waals surface area contributed by atoms with Crippen LogP contribution in [0, 0.1) is 0 Å². The molecule has 1 aromatic heterocycles. The van der Waals surface area contributed by atoms with E-state index in [1.807, 2.05) is 60.7 Å². The Labute approximate surface area is 290 Å². The number of fused-ring (bicyclic) bond motifs is 9. The Balaban J connectivity index is 1.14. The molecule has 10 rings (SSSR count). The van der Waals surface area contributed by atoms with Gasteiger partial charge in [0.1, 0.15) is 11.5 Å². The van der Waals surface area contributed by atoms with Crippen molar-refractivity contribution in [1.29, 1.82) is 0 Å².